The molecular weight excluding hydrogens is 544 g/mol. The van der Waals surface area contributed by atoms with E-state index < -0.39 is 10.0 Å². The Morgan fingerprint density at radius 1 is 0.900 bits per heavy atom. The fourth-order valence-electron chi connectivity index (χ4n) is 6.68. The highest BCUT2D eigenvalue weighted by Crippen LogP contribution is 2.42. The highest BCUT2D eigenvalue weighted by Gasteiger charge is 2.40. The van der Waals surface area contributed by atoms with Crippen molar-refractivity contribution < 1.29 is 13.2 Å². The number of piperidine rings is 2. The number of likely N-dealkylation sites (tertiary alicyclic amines) is 1. The molecule has 7 nitrogen and oxygen atoms in total. The number of fused-ring (bicyclic) bond motifs is 1. The van der Waals surface area contributed by atoms with Gasteiger partial charge in [0.2, 0.25) is 10.0 Å². The van der Waals surface area contributed by atoms with Crippen LogP contribution in [-0.2, 0) is 23.0 Å². The molecule has 0 atom stereocenters. The summed E-state index contributed by atoms with van der Waals surface area (Å²) in [6, 6.07) is 15.1. The van der Waals surface area contributed by atoms with Crippen molar-refractivity contribution in [3.8, 4) is 0 Å². The molecule has 4 heterocycles. The minimum absolute atomic E-state index is 0.00842. The van der Waals surface area contributed by atoms with Gasteiger partial charge in [0.25, 0.3) is 5.91 Å². The molecule has 1 spiro atoms. The number of sulfonamides is 1. The standard InChI is InChI=1S/C31H35ClN4O3S/c1-23-4-2-7-28(32)29(23)40(38,39)36-17-10-24-5-3-6-26(27(24)22-36)30(37)35-20-13-31(14-21-35)11-18-34(19-12-31)25-8-15-33-16-9-25/h2-9,15-16H,10-14,17-22H2,1H3. The molecule has 1 aromatic heterocycles. The summed E-state index contributed by atoms with van der Waals surface area (Å²) in [5, 5.41) is 0.226. The van der Waals surface area contributed by atoms with E-state index in [2.05, 4.69) is 22.0 Å². The monoisotopic (exact) mass is 578 g/mol. The average Bonchev–Trinajstić information content (AvgIpc) is 2.97. The molecule has 3 aromatic rings. The SMILES string of the molecule is Cc1cccc(Cl)c1S(=O)(=O)N1CCc2cccc(C(=O)N3CCC4(CC3)CCN(c3ccncc3)CC4)c2C1. The first-order valence-electron chi connectivity index (χ1n) is 14.1. The van der Waals surface area contributed by atoms with Crippen LogP contribution in [0.4, 0.5) is 5.69 Å². The maximum atomic E-state index is 13.8. The van der Waals surface area contributed by atoms with Crippen molar-refractivity contribution in [2.75, 3.05) is 37.6 Å². The van der Waals surface area contributed by atoms with Gasteiger partial charge in [-0.25, -0.2) is 8.42 Å². The van der Waals surface area contributed by atoms with Crippen LogP contribution in [0.25, 0.3) is 0 Å². The number of carbonyl (C=O) groups is 1. The first-order chi connectivity index (χ1) is 19.3. The topological polar surface area (TPSA) is 73.8 Å². The van der Waals surface area contributed by atoms with Crippen molar-refractivity contribution in [1.29, 1.82) is 0 Å². The van der Waals surface area contributed by atoms with Crippen LogP contribution < -0.4 is 4.90 Å². The van der Waals surface area contributed by atoms with Gasteiger partial charge in [0.05, 0.1) is 5.02 Å². The zero-order valence-corrected chi connectivity index (χ0v) is 24.4. The number of pyridine rings is 1. The van der Waals surface area contributed by atoms with Crippen molar-refractivity contribution in [1.82, 2.24) is 14.2 Å². The van der Waals surface area contributed by atoms with Gasteiger partial charge in [0.15, 0.2) is 0 Å². The molecule has 2 fully saturated rings. The molecule has 2 saturated heterocycles. The second kappa shape index (κ2) is 10.8. The zero-order valence-electron chi connectivity index (χ0n) is 22.9. The molecule has 40 heavy (non-hydrogen) atoms. The van der Waals surface area contributed by atoms with E-state index in [1.165, 1.54) is 9.99 Å². The third kappa shape index (κ3) is 5.01. The second-order valence-electron chi connectivity index (χ2n) is 11.4. The highest BCUT2D eigenvalue weighted by atomic mass is 35.5. The van der Waals surface area contributed by atoms with Gasteiger partial charge < -0.3 is 9.80 Å². The van der Waals surface area contributed by atoms with E-state index in [9.17, 15) is 13.2 Å². The lowest BCUT2D eigenvalue weighted by Crippen LogP contribution is -2.48. The molecule has 0 aliphatic carbocycles. The Balaban J connectivity index is 1.15. The Labute approximate surface area is 241 Å². The summed E-state index contributed by atoms with van der Waals surface area (Å²) in [7, 11) is -3.81. The van der Waals surface area contributed by atoms with E-state index in [0.717, 1.165) is 63.0 Å². The number of amides is 1. The minimum atomic E-state index is -3.81. The predicted octanol–water partition coefficient (Wildman–Crippen LogP) is 5.31. The normalized spacial score (nSPS) is 19.4. The van der Waals surface area contributed by atoms with Gasteiger partial charge in [-0.1, -0.05) is 35.9 Å². The summed E-state index contributed by atoms with van der Waals surface area (Å²) >= 11 is 6.35. The number of benzene rings is 2. The van der Waals surface area contributed by atoms with E-state index >= 15 is 0 Å². The van der Waals surface area contributed by atoms with E-state index in [4.69, 9.17) is 11.6 Å². The summed E-state index contributed by atoms with van der Waals surface area (Å²) in [6.45, 7) is 5.82. The lowest BCUT2D eigenvalue weighted by atomic mass is 9.71. The van der Waals surface area contributed by atoms with Gasteiger partial charge in [-0.05, 0) is 85.4 Å². The third-order valence-corrected chi connectivity index (χ3v) is 11.7. The van der Waals surface area contributed by atoms with E-state index in [1.807, 2.05) is 35.5 Å². The van der Waals surface area contributed by atoms with Gasteiger partial charge in [-0.2, -0.15) is 4.31 Å². The Morgan fingerprint density at radius 2 is 1.57 bits per heavy atom. The van der Waals surface area contributed by atoms with Crippen molar-refractivity contribution >= 4 is 33.2 Å². The molecule has 6 rings (SSSR count). The van der Waals surface area contributed by atoms with Crippen LogP contribution >= 0.6 is 11.6 Å². The van der Waals surface area contributed by atoms with Crippen molar-refractivity contribution in [2.45, 2.75) is 50.5 Å². The molecular formula is C31H35ClN4O3S. The number of nitrogens with zero attached hydrogens (tertiary/aromatic N) is 4. The Morgan fingerprint density at radius 3 is 2.27 bits per heavy atom. The Kier molecular flexibility index (Phi) is 7.36. The number of aryl methyl sites for hydroxylation is 1. The molecule has 3 aliphatic rings. The predicted molar refractivity (Wildman–Crippen MR) is 157 cm³/mol. The van der Waals surface area contributed by atoms with Gasteiger partial charge in [-0.15, -0.1) is 0 Å². The third-order valence-electron chi connectivity index (χ3n) is 9.19. The van der Waals surface area contributed by atoms with Crippen molar-refractivity contribution in [3.05, 3.63) is 88.2 Å². The largest absolute Gasteiger partial charge is 0.371 e. The quantitative estimate of drug-likeness (QED) is 0.419. The smallest absolute Gasteiger partial charge is 0.254 e. The van der Waals surface area contributed by atoms with Crippen LogP contribution in [0.2, 0.25) is 5.02 Å². The lowest BCUT2D eigenvalue weighted by Gasteiger charge is -2.47. The van der Waals surface area contributed by atoms with Crippen LogP contribution in [0.5, 0.6) is 0 Å². The molecule has 0 radical (unpaired) electrons. The number of carbonyl (C=O) groups excluding carboxylic acids is 1. The Hall–Kier alpha value is -2.94. The van der Waals surface area contributed by atoms with Crippen molar-refractivity contribution in [3.63, 3.8) is 0 Å². The summed E-state index contributed by atoms with van der Waals surface area (Å²) in [4.78, 5) is 22.5. The summed E-state index contributed by atoms with van der Waals surface area (Å²) in [6.07, 6.45) is 8.53. The van der Waals surface area contributed by atoms with Gasteiger partial charge in [0, 0.05) is 62.9 Å². The van der Waals surface area contributed by atoms with Crippen LogP contribution in [0.3, 0.4) is 0 Å². The van der Waals surface area contributed by atoms with Gasteiger partial charge >= 0.3 is 0 Å². The van der Waals surface area contributed by atoms with Crippen LogP contribution in [0, 0.1) is 12.3 Å². The highest BCUT2D eigenvalue weighted by molar-refractivity contribution is 7.89. The molecule has 3 aliphatic heterocycles. The van der Waals surface area contributed by atoms with E-state index in [-0.39, 0.29) is 27.8 Å². The molecule has 0 N–H and O–H groups in total. The molecule has 0 unspecified atom stereocenters. The molecule has 1 amide bonds. The number of anilines is 1. The van der Waals surface area contributed by atoms with Crippen LogP contribution in [-0.4, -0.2) is 61.2 Å². The van der Waals surface area contributed by atoms with E-state index in [0.29, 0.717) is 24.1 Å². The fraction of sp³-hybridized carbons (Fsp3) is 0.419. The van der Waals surface area contributed by atoms with Crippen molar-refractivity contribution in [2.24, 2.45) is 5.41 Å². The summed E-state index contributed by atoms with van der Waals surface area (Å²) in [5.74, 6) is 0.00842. The average molecular weight is 579 g/mol. The number of halogens is 1. The fourth-order valence-corrected chi connectivity index (χ4v) is 8.88. The van der Waals surface area contributed by atoms with Gasteiger partial charge in [0.1, 0.15) is 4.90 Å². The molecule has 210 valence electrons. The lowest BCUT2D eigenvalue weighted by molar-refractivity contribution is 0.0513. The maximum absolute atomic E-state index is 13.8. The summed E-state index contributed by atoms with van der Waals surface area (Å²) in [5.41, 5.74) is 4.62. The van der Waals surface area contributed by atoms with Crippen LogP contribution in [0.1, 0.15) is 52.7 Å². The second-order valence-corrected chi connectivity index (χ2v) is 13.7. The molecule has 9 heteroatoms. The first-order valence-corrected chi connectivity index (χ1v) is 15.9. The molecule has 2 aromatic carbocycles. The molecule has 0 bridgehead atoms. The maximum Gasteiger partial charge on any atom is 0.254 e. The van der Waals surface area contributed by atoms with Crippen LogP contribution in [0.15, 0.2) is 65.8 Å². The number of hydrogen-bond donors (Lipinski definition) is 0. The van der Waals surface area contributed by atoms with E-state index in [1.54, 1.807) is 25.1 Å². The number of aromatic nitrogens is 1. The zero-order chi connectivity index (χ0) is 27.9. The molecule has 0 saturated carbocycles. The first kappa shape index (κ1) is 27.2. The number of rotatable bonds is 4. The van der Waals surface area contributed by atoms with Gasteiger partial charge in [-0.3, -0.25) is 9.78 Å². The summed E-state index contributed by atoms with van der Waals surface area (Å²) < 4.78 is 28.8. The Bertz CT molecular complexity index is 1490. The minimum Gasteiger partial charge on any atom is -0.371 e. The number of hydrogen-bond acceptors (Lipinski definition) is 5.